The van der Waals surface area contributed by atoms with Crippen molar-refractivity contribution in [3.63, 3.8) is 0 Å². The highest BCUT2D eigenvalue weighted by molar-refractivity contribution is 7.17. The summed E-state index contributed by atoms with van der Waals surface area (Å²) in [6.07, 6.45) is 1.48. The highest BCUT2D eigenvalue weighted by Gasteiger charge is 2.27. The number of H-pyrrole nitrogens is 1. The molecule has 122 valence electrons. The largest absolute Gasteiger partial charge is 0.363 e. The Morgan fingerprint density at radius 2 is 1.83 bits per heavy atom. The van der Waals surface area contributed by atoms with E-state index in [2.05, 4.69) is 9.97 Å². The van der Waals surface area contributed by atoms with Crippen molar-refractivity contribution < 1.29 is 13.6 Å². The van der Waals surface area contributed by atoms with E-state index in [1.807, 2.05) is 0 Å². The molecule has 0 bridgehead atoms. The van der Waals surface area contributed by atoms with Crippen LogP contribution in [-0.2, 0) is 5.66 Å². The van der Waals surface area contributed by atoms with Gasteiger partial charge in [0.15, 0.2) is 5.82 Å². The van der Waals surface area contributed by atoms with Crippen LogP contribution in [0.1, 0.15) is 16.2 Å². The number of nitrogens with one attached hydrogen (secondary N) is 1. The molecule has 1 aromatic heterocycles. The van der Waals surface area contributed by atoms with Crippen LogP contribution in [0.2, 0.25) is 0 Å². The number of aromatic amines is 1. The summed E-state index contributed by atoms with van der Waals surface area (Å²) in [6.45, 7) is 0. The Hall–Kier alpha value is -2.59. The van der Waals surface area contributed by atoms with Crippen LogP contribution in [0.3, 0.4) is 0 Å². The van der Waals surface area contributed by atoms with E-state index in [0.717, 1.165) is 5.56 Å². The van der Waals surface area contributed by atoms with E-state index in [9.17, 15) is 13.6 Å². The van der Waals surface area contributed by atoms with Gasteiger partial charge in [0.1, 0.15) is 0 Å². The third-order valence-electron chi connectivity index (χ3n) is 3.58. The smallest absolute Gasteiger partial charge is 0.284 e. The fraction of sp³-hybridized carbons (Fsp3) is 0.0588. The molecule has 7 heteroatoms. The number of alkyl halides is 2. The number of aromatic nitrogens is 2. The first kappa shape index (κ1) is 16.3. The van der Waals surface area contributed by atoms with E-state index < -0.39 is 11.6 Å². The summed E-state index contributed by atoms with van der Waals surface area (Å²) in [7, 11) is 1.56. The average Bonchev–Trinajstić information content (AvgIpc) is 3.04. The lowest BCUT2D eigenvalue weighted by atomic mass is 9.97. The molecule has 1 amide bonds. The predicted octanol–water partition coefficient (Wildman–Crippen LogP) is 3.77. The quantitative estimate of drug-likeness (QED) is 0.707. The molecule has 2 aromatic carbocycles. The Morgan fingerprint density at radius 3 is 2.50 bits per heavy atom. The van der Waals surface area contributed by atoms with Crippen LogP contribution in [0.15, 0.2) is 54.7 Å². The number of carbonyl (C=O) groups excluding carboxylic acids is 1. The van der Waals surface area contributed by atoms with Crippen molar-refractivity contribution in [3.05, 3.63) is 66.1 Å². The molecule has 3 rings (SSSR count). The molecule has 3 N–H and O–H groups in total. The first-order chi connectivity index (χ1) is 11.4. The van der Waals surface area contributed by atoms with E-state index in [0.29, 0.717) is 16.8 Å². The molecule has 1 atom stereocenters. The Labute approximate surface area is 139 Å². The molecule has 1 unspecified atom stereocenters. The Bertz CT molecular complexity index is 903. The van der Waals surface area contributed by atoms with E-state index in [1.165, 1.54) is 12.3 Å². The minimum atomic E-state index is -3.03. The number of benzene rings is 2. The SMILES string of the molecule is NC(=O)c1ncc(-c2cccc(-c3ccccc3C(F)(F)P)c2)[nH]1. The highest BCUT2D eigenvalue weighted by Crippen LogP contribution is 2.41. The topological polar surface area (TPSA) is 71.8 Å². The second-order valence-corrected chi connectivity index (χ2v) is 5.98. The Kier molecular flexibility index (Phi) is 4.16. The first-order valence-electron chi connectivity index (χ1n) is 7.08. The Morgan fingerprint density at radius 1 is 1.12 bits per heavy atom. The fourth-order valence-corrected chi connectivity index (χ4v) is 2.72. The number of nitrogens with zero attached hydrogens (tertiary/aromatic N) is 1. The van der Waals surface area contributed by atoms with E-state index in [-0.39, 0.29) is 11.4 Å². The van der Waals surface area contributed by atoms with Crippen LogP contribution >= 0.6 is 9.24 Å². The third-order valence-corrected chi connectivity index (χ3v) is 3.89. The molecule has 0 aliphatic carbocycles. The molecule has 24 heavy (non-hydrogen) atoms. The van der Waals surface area contributed by atoms with Gasteiger partial charge in [0.25, 0.3) is 11.6 Å². The minimum Gasteiger partial charge on any atom is -0.363 e. The van der Waals surface area contributed by atoms with Crippen LogP contribution in [0.5, 0.6) is 0 Å². The molecule has 0 radical (unpaired) electrons. The van der Waals surface area contributed by atoms with Gasteiger partial charge >= 0.3 is 0 Å². The molecule has 3 aromatic rings. The maximum atomic E-state index is 13.8. The number of carbonyl (C=O) groups is 1. The van der Waals surface area contributed by atoms with Crippen LogP contribution in [0.25, 0.3) is 22.4 Å². The van der Waals surface area contributed by atoms with Crippen molar-refractivity contribution in [1.82, 2.24) is 9.97 Å². The summed E-state index contributed by atoms with van der Waals surface area (Å²) in [5.74, 6) is -0.613. The number of nitrogens with two attached hydrogens (primary N) is 1. The number of primary amides is 1. The molecule has 1 heterocycles. The van der Waals surface area contributed by atoms with Gasteiger partial charge in [-0.05, 0) is 17.2 Å². The number of rotatable bonds is 4. The molecule has 4 nitrogen and oxygen atoms in total. The van der Waals surface area contributed by atoms with Gasteiger partial charge in [0.05, 0.1) is 11.9 Å². The molecule has 0 saturated carbocycles. The zero-order valence-electron chi connectivity index (χ0n) is 12.5. The van der Waals surface area contributed by atoms with Crippen LogP contribution < -0.4 is 5.73 Å². The van der Waals surface area contributed by atoms with Crippen LogP contribution in [-0.4, -0.2) is 15.9 Å². The van der Waals surface area contributed by atoms with Crippen molar-refractivity contribution in [1.29, 1.82) is 0 Å². The van der Waals surface area contributed by atoms with Crippen molar-refractivity contribution in [2.45, 2.75) is 5.66 Å². The molecule has 0 fully saturated rings. The number of amides is 1. The summed E-state index contributed by atoms with van der Waals surface area (Å²) >= 11 is 0. The first-order valence-corrected chi connectivity index (χ1v) is 7.66. The van der Waals surface area contributed by atoms with Crippen molar-refractivity contribution in [2.24, 2.45) is 5.73 Å². The highest BCUT2D eigenvalue weighted by atomic mass is 31.0. The van der Waals surface area contributed by atoms with Gasteiger partial charge in [-0.25, -0.2) is 4.98 Å². The third kappa shape index (κ3) is 3.19. The molecule has 0 saturated heterocycles. The fourth-order valence-electron chi connectivity index (χ4n) is 2.47. The zero-order chi connectivity index (χ0) is 17.3. The summed E-state index contributed by atoms with van der Waals surface area (Å²) in [4.78, 5) is 17.8. The maximum Gasteiger partial charge on any atom is 0.284 e. The van der Waals surface area contributed by atoms with Gasteiger partial charge in [-0.3, -0.25) is 4.79 Å². The monoisotopic (exact) mass is 345 g/mol. The summed E-state index contributed by atoms with van der Waals surface area (Å²) in [5, 5.41) is 0. The van der Waals surface area contributed by atoms with Gasteiger partial charge in [-0.1, -0.05) is 51.7 Å². The molecular formula is C17H14F2N3OP. The summed E-state index contributed by atoms with van der Waals surface area (Å²) < 4.78 is 27.6. The van der Waals surface area contributed by atoms with Crippen molar-refractivity contribution in [2.75, 3.05) is 0 Å². The second kappa shape index (κ2) is 6.13. The lowest BCUT2D eigenvalue weighted by Crippen LogP contribution is -2.12. The summed E-state index contributed by atoms with van der Waals surface area (Å²) in [5.41, 5.74) is 4.45. The number of hydrogen-bond donors (Lipinski definition) is 2. The zero-order valence-corrected chi connectivity index (χ0v) is 13.6. The summed E-state index contributed by atoms with van der Waals surface area (Å²) in [6, 6.07) is 13.4. The lowest BCUT2D eigenvalue weighted by molar-refractivity contribution is 0.0990. The number of imidazole rings is 1. The van der Waals surface area contributed by atoms with E-state index >= 15 is 0 Å². The van der Waals surface area contributed by atoms with Gasteiger partial charge in [0, 0.05) is 11.1 Å². The van der Waals surface area contributed by atoms with Gasteiger partial charge in [-0.2, -0.15) is 8.78 Å². The standard InChI is InChI=1S/C17H14F2N3OP/c18-17(19,24)13-7-2-1-6-12(13)10-4-3-5-11(8-10)14-9-21-16(22-14)15(20)23/h1-9H,24H2,(H2,20,23)(H,21,22). The van der Waals surface area contributed by atoms with Gasteiger partial charge < -0.3 is 10.7 Å². The van der Waals surface area contributed by atoms with Gasteiger partial charge in [-0.15, -0.1) is 0 Å². The lowest BCUT2D eigenvalue weighted by Gasteiger charge is -2.16. The maximum absolute atomic E-state index is 13.8. The van der Waals surface area contributed by atoms with Crippen LogP contribution in [0.4, 0.5) is 8.78 Å². The molecule has 0 spiro atoms. The Balaban J connectivity index is 2.07. The van der Waals surface area contributed by atoms with Crippen molar-refractivity contribution in [3.8, 4) is 22.4 Å². The normalized spacial score (nSPS) is 11.5. The number of hydrogen-bond acceptors (Lipinski definition) is 2. The predicted molar refractivity (Wildman–Crippen MR) is 91.6 cm³/mol. The van der Waals surface area contributed by atoms with Gasteiger partial charge in [0.2, 0.25) is 0 Å². The average molecular weight is 345 g/mol. The molecular weight excluding hydrogens is 331 g/mol. The van der Waals surface area contributed by atoms with E-state index in [1.54, 1.807) is 51.7 Å². The number of halogens is 2. The van der Waals surface area contributed by atoms with E-state index in [4.69, 9.17) is 5.73 Å². The molecule has 0 aliphatic rings. The minimum absolute atomic E-state index is 0.0484. The second-order valence-electron chi connectivity index (χ2n) is 5.26. The van der Waals surface area contributed by atoms with Crippen molar-refractivity contribution >= 4 is 15.1 Å². The molecule has 0 aliphatic heterocycles. The van der Waals surface area contributed by atoms with Crippen LogP contribution in [0, 0.1) is 0 Å².